The Balaban J connectivity index is 1.82. The third-order valence-electron chi connectivity index (χ3n) is 4.16. The summed E-state index contributed by atoms with van der Waals surface area (Å²) >= 11 is 0. The zero-order valence-corrected chi connectivity index (χ0v) is 13.8. The minimum Gasteiger partial charge on any atom is -0.363 e. The van der Waals surface area contributed by atoms with E-state index in [2.05, 4.69) is 25.9 Å². The van der Waals surface area contributed by atoms with Crippen LogP contribution < -0.4 is 4.90 Å². The Morgan fingerprint density at radius 3 is 2.83 bits per heavy atom. The van der Waals surface area contributed by atoms with Gasteiger partial charge in [0.25, 0.3) is 0 Å². The van der Waals surface area contributed by atoms with Crippen molar-refractivity contribution >= 4 is 5.82 Å². The molecule has 0 aliphatic carbocycles. The maximum absolute atomic E-state index is 13.0. The number of anilines is 1. The quantitative estimate of drug-likeness (QED) is 0.868. The summed E-state index contributed by atoms with van der Waals surface area (Å²) in [6.07, 6.45) is 3.48. The van der Waals surface area contributed by atoms with Gasteiger partial charge >= 0.3 is 0 Å². The van der Waals surface area contributed by atoms with Crippen LogP contribution in [0.2, 0.25) is 0 Å². The van der Waals surface area contributed by atoms with E-state index in [1.165, 1.54) is 12.3 Å². The van der Waals surface area contributed by atoms with Crippen molar-refractivity contribution in [2.75, 3.05) is 25.5 Å². The molecule has 5 nitrogen and oxygen atoms in total. The second-order valence-electron chi connectivity index (χ2n) is 6.19. The van der Waals surface area contributed by atoms with E-state index in [1.807, 2.05) is 25.9 Å². The highest BCUT2D eigenvalue weighted by Crippen LogP contribution is 2.33. The van der Waals surface area contributed by atoms with Crippen LogP contribution in [0, 0.1) is 12.7 Å². The van der Waals surface area contributed by atoms with Crippen LogP contribution in [-0.4, -0.2) is 40.5 Å². The number of rotatable bonds is 4. The lowest BCUT2D eigenvalue weighted by atomic mass is 10.1. The van der Waals surface area contributed by atoms with Gasteiger partial charge in [-0.05, 0) is 38.4 Å². The molecule has 3 rings (SSSR count). The van der Waals surface area contributed by atoms with Gasteiger partial charge < -0.3 is 4.90 Å². The van der Waals surface area contributed by atoms with E-state index in [9.17, 15) is 4.39 Å². The molecule has 1 atom stereocenters. The third kappa shape index (κ3) is 3.64. The first kappa shape index (κ1) is 15.8. The predicted molar refractivity (Wildman–Crippen MR) is 87.7 cm³/mol. The second kappa shape index (κ2) is 6.58. The van der Waals surface area contributed by atoms with E-state index < -0.39 is 0 Å². The van der Waals surface area contributed by atoms with Crippen molar-refractivity contribution in [1.29, 1.82) is 0 Å². The lowest BCUT2D eigenvalue weighted by Crippen LogP contribution is -2.25. The summed E-state index contributed by atoms with van der Waals surface area (Å²) in [5.41, 5.74) is 1.94. The molecule has 0 aromatic carbocycles. The molecule has 2 aromatic heterocycles. The maximum atomic E-state index is 13.0. The number of hydrogen-bond acceptors (Lipinski definition) is 5. The van der Waals surface area contributed by atoms with Gasteiger partial charge in [-0.3, -0.25) is 9.88 Å². The van der Waals surface area contributed by atoms with Gasteiger partial charge in [-0.1, -0.05) is 0 Å². The van der Waals surface area contributed by atoms with Crippen LogP contribution in [0.25, 0.3) is 0 Å². The molecule has 122 valence electrons. The van der Waals surface area contributed by atoms with E-state index in [0.29, 0.717) is 6.54 Å². The van der Waals surface area contributed by atoms with Crippen molar-refractivity contribution < 1.29 is 4.39 Å². The Kier molecular flexibility index (Phi) is 4.52. The Morgan fingerprint density at radius 1 is 1.30 bits per heavy atom. The molecule has 2 aromatic rings. The molecule has 1 aliphatic heterocycles. The molecular formula is C17H22FN5. The molecular weight excluding hydrogens is 293 g/mol. The van der Waals surface area contributed by atoms with Crippen LogP contribution in [0.15, 0.2) is 24.4 Å². The summed E-state index contributed by atoms with van der Waals surface area (Å²) in [4.78, 5) is 17.6. The highest BCUT2D eigenvalue weighted by atomic mass is 19.1. The molecule has 0 bridgehead atoms. The second-order valence-corrected chi connectivity index (χ2v) is 6.19. The number of halogens is 1. The number of nitrogens with zero attached hydrogens (tertiary/aromatic N) is 5. The van der Waals surface area contributed by atoms with Crippen LogP contribution in [0.4, 0.5) is 10.2 Å². The number of aromatic nitrogens is 3. The van der Waals surface area contributed by atoms with Crippen molar-refractivity contribution in [3.63, 3.8) is 0 Å². The molecule has 6 heteroatoms. The van der Waals surface area contributed by atoms with Crippen LogP contribution in [-0.2, 0) is 6.54 Å². The Labute approximate surface area is 136 Å². The van der Waals surface area contributed by atoms with Crippen molar-refractivity contribution in [3.05, 3.63) is 47.4 Å². The van der Waals surface area contributed by atoms with E-state index >= 15 is 0 Å². The molecule has 0 saturated carbocycles. The van der Waals surface area contributed by atoms with Gasteiger partial charge in [-0.2, -0.15) is 0 Å². The fraction of sp³-hybridized carbons (Fsp3) is 0.471. The van der Waals surface area contributed by atoms with Gasteiger partial charge in [0.05, 0.1) is 23.6 Å². The largest absolute Gasteiger partial charge is 0.363 e. The number of hydrogen-bond donors (Lipinski definition) is 0. The number of likely N-dealkylation sites (tertiary alicyclic amines) is 1. The van der Waals surface area contributed by atoms with Gasteiger partial charge in [0.15, 0.2) is 0 Å². The van der Waals surface area contributed by atoms with Crippen LogP contribution >= 0.6 is 0 Å². The molecule has 0 spiro atoms. The summed E-state index contributed by atoms with van der Waals surface area (Å²) in [6, 6.07) is 5.55. The molecule has 3 heterocycles. The molecule has 23 heavy (non-hydrogen) atoms. The summed E-state index contributed by atoms with van der Waals surface area (Å²) in [5, 5.41) is 0. The van der Waals surface area contributed by atoms with Crippen molar-refractivity contribution in [2.45, 2.75) is 32.4 Å². The highest BCUT2D eigenvalue weighted by Gasteiger charge is 2.28. The molecule has 0 N–H and O–H groups in total. The van der Waals surface area contributed by atoms with Gasteiger partial charge in [0.1, 0.15) is 17.5 Å². The van der Waals surface area contributed by atoms with Crippen molar-refractivity contribution in [1.82, 2.24) is 19.9 Å². The van der Waals surface area contributed by atoms with E-state index in [1.54, 1.807) is 6.07 Å². The first-order valence-corrected chi connectivity index (χ1v) is 7.90. The van der Waals surface area contributed by atoms with Crippen LogP contribution in [0.1, 0.15) is 36.1 Å². The first-order valence-electron chi connectivity index (χ1n) is 7.90. The zero-order valence-electron chi connectivity index (χ0n) is 13.8. The monoisotopic (exact) mass is 315 g/mol. The minimum atomic E-state index is -0.297. The van der Waals surface area contributed by atoms with Crippen LogP contribution in [0.3, 0.4) is 0 Å². The lowest BCUT2D eigenvalue weighted by molar-refractivity contribution is 0.241. The van der Waals surface area contributed by atoms with Crippen molar-refractivity contribution in [2.24, 2.45) is 0 Å². The molecule has 0 unspecified atom stereocenters. The van der Waals surface area contributed by atoms with Gasteiger partial charge in [0.2, 0.25) is 0 Å². The van der Waals surface area contributed by atoms with E-state index in [0.717, 1.165) is 42.4 Å². The summed E-state index contributed by atoms with van der Waals surface area (Å²) in [6.45, 7) is 3.65. The minimum absolute atomic E-state index is 0.266. The molecule has 1 saturated heterocycles. The smallest absolute Gasteiger partial charge is 0.141 e. The molecule has 1 aliphatic rings. The fourth-order valence-electron chi connectivity index (χ4n) is 3.03. The summed E-state index contributed by atoms with van der Waals surface area (Å²) in [7, 11) is 3.97. The van der Waals surface area contributed by atoms with E-state index in [4.69, 9.17) is 0 Å². The molecule has 0 amide bonds. The van der Waals surface area contributed by atoms with Gasteiger partial charge in [-0.25, -0.2) is 14.4 Å². The topological polar surface area (TPSA) is 45.2 Å². The normalized spacial score (nSPS) is 18.3. The molecule has 1 fully saturated rings. The fourth-order valence-corrected chi connectivity index (χ4v) is 3.03. The Morgan fingerprint density at radius 2 is 2.13 bits per heavy atom. The molecule has 0 radical (unpaired) electrons. The van der Waals surface area contributed by atoms with Gasteiger partial charge in [0, 0.05) is 26.7 Å². The standard InChI is InChI=1S/C17H22FN5/c1-12-20-15(9-17(21-12)22(2)3)16-5-4-8-23(16)11-14-7-6-13(18)10-19-14/h6-7,9-10,16H,4-5,8,11H2,1-3H3/t16-/m1/s1. The number of pyridine rings is 1. The lowest BCUT2D eigenvalue weighted by Gasteiger charge is -2.24. The predicted octanol–water partition coefficient (Wildman–Crippen LogP) is 2.72. The van der Waals surface area contributed by atoms with Gasteiger partial charge in [-0.15, -0.1) is 0 Å². The van der Waals surface area contributed by atoms with E-state index in [-0.39, 0.29) is 11.9 Å². The summed E-state index contributed by atoms with van der Waals surface area (Å²) in [5.74, 6) is 1.42. The number of aryl methyl sites for hydroxylation is 1. The third-order valence-corrected chi connectivity index (χ3v) is 4.16. The highest BCUT2D eigenvalue weighted by molar-refractivity contribution is 5.38. The first-order chi connectivity index (χ1) is 11.0. The Bertz CT molecular complexity index is 671. The SMILES string of the molecule is Cc1nc([C@H]2CCCN2Cc2ccc(F)cn2)cc(N(C)C)n1. The zero-order chi connectivity index (χ0) is 16.4. The van der Waals surface area contributed by atoms with Crippen molar-refractivity contribution in [3.8, 4) is 0 Å². The average Bonchev–Trinajstić information content (AvgIpc) is 2.97. The average molecular weight is 315 g/mol. The Hall–Kier alpha value is -2.08. The maximum Gasteiger partial charge on any atom is 0.141 e. The van der Waals surface area contributed by atoms with Crippen LogP contribution in [0.5, 0.6) is 0 Å². The summed E-state index contributed by atoms with van der Waals surface area (Å²) < 4.78 is 13.0.